The highest BCUT2D eigenvalue weighted by molar-refractivity contribution is 5.33. The van der Waals surface area contributed by atoms with Crippen LogP contribution in [0.2, 0.25) is 0 Å². The van der Waals surface area contributed by atoms with Gasteiger partial charge in [0.2, 0.25) is 0 Å². The maximum atomic E-state index is 9.26. The third-order valence-electron chi connectivity index (χ3n) is 3.79. The van der Waals surface area contributed by atoms with Crippen LogP contribution in [-0.4, -0.2) is 28.2 Å². The van der Waals surface area contributed by atoms with Gasteiger partial charge in [-0.05, 0) is 38.5 Å². The second-order valence-electron chi connectivity index (χ2n) is 4.94. The summed E-state index contributed by atoms with van der Waals surface area (Å²) in [7, 11) is 0. The van der Waals surface area contributed by atoms with E-state index in [9.17, 15) is 5.11 Å². The normalized spacial score (nSPS) is 23.9. The van der Waals surface area contributed by atoms with Crippen molar-refractivity contribution in [3.05, 3.63) is 17.6 Å². The molecule has 0 amide bonds. The van der Waals surface area contributed by atoms with Crippen molar-refractivity contribution < 1.29 is 5.11 Å². The molecule has 0 radical (unpaired) electrons. The van der Waals surface area contributed by atoms with Gasteiger partial charge in [0.15, 0.2) is 0 Å². The molecule has 17 heavy (non-hydrogen) atoms. The molecule has 0 aromatic carbocycles. The van der Waals surface area contributed by atoms with E-state index in [0.717, 1.165) is 30.2 Å². The van der Waals surface area contributed by atoms with Gasteiger partial charge < -0.3 is 10.4 Å². The fraction of sp³-hybridized carbons (Fsp3) is 0.692. The molecule has 2 N–H and O–H groups in total. The molecule has 2 unspecified atom stereocenters. The SMILES string of the molecule is Cc1ncc(NCC2CCCC2CO)nc1C. The van der Waals surface area contributed by atoms with Crippen LogP contribution >= 0.6 is 0 Å². The van der Waals surface area contributed by atoms with Gasteiger partial charge >= 0.3 is 0 Å². The largest absolute Gasteiger partial charge is 0.396 e. The van der Waals surface area contributed by atoms with Gasteiger partial charge in [0.25, 0.3) is 0 Å². The average Bonchev–Trinajstić information content (AvgIpc) is 2.78. The van der Waals surface area contributed by atoms with Crippen LogP contribution in [0.25, 0.3) is 0 Å². The summed E-state index contributed by atoms with van der Waals surface area (Å²) in [5.74, 6) is 1.88. The molecule has 0 saturated heterocycles. The Kier molecular flexibility index (Phi) is 3.94. The number of hydrogen-bond acceptors (Lipinski definition) is 4. The molecule has 1 aliphatic rings. The van der Waals surface area contributed by atoms with Gasteiger partial charge in [-0.15, -0.1) is 0 Å². The molecule has 1 heterocycles. The Labute approximate surface area is 102 Å². The fourth-order valence-electron chi connectivity index (χ4n) is 2.49. The van der Waals surface area contributed by atoms with Crippen LogP contribution in [0.1, 0.15) is 30.7 Å². The van der Waals surface area contributed by atoms with E-state index in [2.05, 4.69) is 15.3 Å². The molecule has 1 fully saturated rings. The van der Waals surface area contributed by atoms with Crippen LogP contribution in [-0.2, 0) is 0 Å². The molecule has 4 nitrogen and oxygen atoms in total. The topological polar surface area (TPSA) is 58.0 Å². The Morgan fingerprint density at radius 3 is 2.76 bits per heavy atom. The van der Waals surface area contributed by atoms with E-state index in [4.69, 9.17) is 0 Å². The van der Waals surface area contributed by atoms with Gasteiger partial charge in [-0.3, -0.25) is 4.98 Å². The summed E-state index contributed by atoms with van der Waals surface area (Å²) in [6.45, 7) is 5.14. The Hall–Kier alpha value is -1.16. The molecule has 94 valence electrons. The van der Waals surface area contributed by atoms with E-state index in [1.54, 1.807) is 6.20 Å². The van der Waals surface area contributed by atoms with E-state index in [-0.39, 0.29) is 0 Å². The Balaban J connectivity index is 1.91. The first-order valence-electron chi connectivity index (χ1n) is 6.35. The highest BCUT2D eigenvalue weighted by Gasteiger charge is 2.26. The van der Waals surface area contributed by atoms with Crippen molar-refractivity contribution in [2.75, 3.05) is 18.5 Å². The van der Waals surface area contributed by atoms with E-state index < -0.39 is 0 Å². The molecule has 2 atom stereocenters. The fourth-order valence-corrected chi connectivity index (χ4v) is 2.49. The summed E-state index contributed by atoms with van der Waals surface area (Å²) in [4.78, 5) is 8.74. The molecule has 0 spiro atoms. The third-order valence-corrected chi connectivity index (χ3v) is 3.79. The van der Waals surface area contributed by atoms with Crippen molar-refractivity contribution in [2.45, 2.75) is 33.1 Å². The lowest BCUT2D eigenvalue weighted by molar-refractivity contribution is 0.199. The van der Waals surface area contributed by atoms with E-state index in [1.807, 2.05) is 13.8 Å². The molecule has 1 aromatic rings. The number of nitrogens with zero attached hydrogens (tertiary/aromatic N) is 2. The predicted octanol–water partition coefficient (Wildman–Crippen LogP) is 1.91. The molecule has 4 heteroatoms. The maximum absolute atomic E-state index is 9.26. The number of aliphatic hydroxyl groups is 1. The molecular formula is C13H21N3O. The van der Waals surface area contributed by atoms with Gasteiger partial charge in [0, 0.05) is 13.2 Å². The highest BCUT2D eigenvalue weighted by Crippen LogP contribution is 2.31. The number of anilines is 1. The van der Waals surface area contributed by atoms with Crippen LogP contribution in [0, 0.1) is 25.7 Å². The van der Waals surface area contributed by atoms with Crippen molar-refractivity contribution in [1.29, 1.82) is 0 Å². The summed E-state index contributed by atoms with van der Waals surface area (Å²) < 4.78 is 0. The monoisotopic (exact) mass is 235 g/mol. The summed E-state index contributed by atoms with van der Waals surface area (Å²) in [5, 5.41) is 12.6. The van der Waals surface area contributed by atoms with Crippen molar-refractivity contribution in [1.82, 2.24) is 9.97 Å². The Bertz CT molecular complexity index is 381. The smallest absolute Gasteiger partial charge is 0.144 e. The van der Waals surface area contributed by atoms with Crippen molar-refractivity contribution in [3.8, 4) is 0 Å². The highest BCUT2D eigenvalue weighted by atomic mass is 16.3. The third kappa shape index (κ3) is 2.94. The van der Waals surface area contributed by atoms with Crippen LogP contribution in [0.5, 0.6) is 0 Å². The van der Waals surface area contributed by atoms with Crippen molar-refractivity contribution in [2.24, 2.45) is 11.8 Å². The minimum Gasteiger partial charge on any atom is -0.396 e. The zero-order valence-corrected chi connectivity index (χ0v) is 10.6. The molecule has 1 aromatic heterocycles. The zero-order valence-electron chi connectivity index (χ0n) is 10.6. The molecule has 2 rings (SSSR count). The number of aryl methyl sites for hydroxylation is 2. The number of aromatic nitrogens is 2. The van der Waals surface area contributed by atoms with Crippen LogP contribution < -0.4 is 5.32 Å². The molecule has 0 bridgehead atoms. The molecule has 1 aliphatic carbocycles. The first-order valence-corrected chi connectivity index (χ1v) is 6.35. The van der Waals surface area contributed by atoms with Gasteiger partial charge in [-0.25, -0.2) is 4.98 Å². The predicted molar refractivity (Wildman–Crippen MR) is 67.9 cm³/mol. The van der Waals surface area contributed by atoms with Crippen LogP contribution in [0.3, 0.4) is 0 Å². The minimum atomic E-state index is 0.310. The summed E-state index contributed by atoms with van der Waals surface area (Å²) >= 11 is 0. The van der Waals surface area contributed by atoms with Gasteiger partial charge in [0.1, 0.15) is 5.82 Å². The molecular weight excluding hydrogens is 214 g/mol. The maximum Gasteiger partial charge on any atom is 0.144 e. The second-order valence-corrected chi connectivity index (χ2v) is 4.94. The second kappa shape index (κ2) is 5.45. The number of nitrogens with one attached hydrogen (secondary N) is 1. The van der Waals surface area contributed by atoms with E-state index in [1.165, 1.54) is 12.8 Å². The van der Waals surface area contributed by atoms with Gasteiger partial charge in [0.05, 0.1) is 17.6 Å². The quantitative estimate of drug-likeness (QED) is 0.837. The average molecular weight is 235 g/mol. The number of aliphatic hydroxyl groups excluding tert-OH is 1. The first kappa shape index (κ1) is 12.3. The lowest BCUT2D eigenvalue weighted by atomic mass is 9.97. The van der Waals surface area contributed by atoms with Crippen molar-refractivity contribution in [3.63, 3.8) is 0 Å². The summed E-state index contributed by atoms with van der Waals surface area (Å²) in [6.07, 6.45) is 5.37. The minimum absolute atomic E-state index is 0.310. The van der Waals surface area contributed by atoms with Crippen molar-refractivity contribution >= 4 is 5.82 Å². The standard InChI is InChI=1S/C13H21N3O/c1-9-10(2)16-13(7-14-9)15-6-11-4-3-5-12(11)8-17/h7,11-12,17H,3-6,8H2,1-2H3,(H,15,16). The summed E-state index contributed by atoms with van der Waals surface area (Å²) in [6, 6.07) is 0. The number of rotatable bonds is 4. The van der Waals surface area contributed by atoms with Gasteiger partial charge in [-0.1, -0.05) is 6.42 Å². The summed E-state index contributed by atoms with van der Waals surface area (Å²) in [5.41, 5.74) is 1.95. The van der Waals surface area contributed by atoms with Crippen LogP contribution in [0.15, 0.2) is 6.20 Å². The van der Waals surface area contributed by atoms with Crippen LogP contribution in [0.4, 0.5) is 5.82 Å². The lowest BCUT2D eigenvalue weighted by Crippen LogP contribution is -2.21. The first-order chi connectivity index (χ1) is 8.20. The molecule has 0 aliphatic heterocycles. The van der Waals surface area contributed by atoms with E-state index >= 15 is 0 Å². The van der Waals surface area contributed by atoms with Gasteiger partial charge in [-0.2, -0.15) is 0 Å². The lowest BCUT2D eigenvalue weighted by Gasteiger charge is -2.18. The number of hydrogen-bond donors (Lipinski definition) is 2. The Morgan fingerprint density at radius 2 is 2.06 bits per heavy atom. The van der Waals surface area contributed by atoms with E-state index in [0.29, 0.717) is 18.4 Å². The Morgan fingerprint density at radius 1 is 1.29 bits per heavy atom. The molecule has 1 saturated carbocycles. The zero-order chi connectivity index (χ0) is 12.3.